The molecule has 0 aliphatic heterocycles. The SMILES string of the molecule is CCCOCC(C)O[Si](C)(C)C. The van der Waals surface area contributed by atoms with Gasteiger partial charge in [0.15, 0.2) is 8.32 Å². The van der Waals surface area contributed by atoms with Crippen molar-refractivity contribution in [2.24, 2.45) is 0 Å². The average Bonchev–Trinajstić information content (AvgIpc) is 1.84. The van der Waals surface area contributed by atoms with E-state index in [4.69, 9.17) is 9.16 Å². The smallest absolute Gasteiger partial charge is 0.184 e. The molecule has 0 saturated heterocycles. The minimum atomic E-state index is -1.36. The fourth-order valence-corrected chi connectivity index (χ4v) is 2.31. The molecule has 2 nitrogen and oxygen atoms in total. The number of ether oxygens (including phenoxy) is 1. The van der Waals surface area contributed by atoms with Crippen molar-refractivity contribution in [2.45, 2.75) is 46.0 Å². The van der Waals surface area contributed by atoms with Crippen LogP contribution in [0.4, 0.5) is 0 Å². The molecule has 12 heavy (non-hydrogen) atoms. The molecule has 0 amide bonds. The number of hydrogen-bond donors (Lipinski definition) is 0. The standard InChI is InChI=1S/C9H22O2Si/c1-6-7-10-8-9(2)11-12(3,4)5/h9H,6-8H2,1-5H3. The Hall–Kier alpha value is 0.137. The highest BCUT2D eigenvalue weighted by Crippen LogP contribution is 2.07. The Morgan fingerprint density at radius 3 is 2.25 bits per heavy atom. The first-order chi connectivity index (χ1) is 5.45. The maximum absolute atomic E-state index is 5.80. The second-order valence-electron chi connectivity index (χ2n) is 4.12. The summed E-state index contributed by atoms with van der Waals surface area (Å²) >= 11 is 0. The minimum absolute atomic E-state index is 0.253. The van der Waals surface area contributed by atoms with Crippen LogP contribution in [0.2, 0.25) is 19.6 Å². The molecule has 0 fully saturated rings. The zero-order valence-electron chi connectivity index (χ0n) is 9.02. The van der Waals surface area contributed by atoms with Crippen LogP contribution in [0.3, 0.4) is 0 Å². The van der Waals surface area contributed by atoms with Crippen LogP contribution in [0.25, 0.3) is 0 Å². The summed E-state index contributed by atoms with van der Waals surface area (Å²) in [5, 5.41) is 0. The first-order valence-electron chi connectivity index (χ1n) is 4.71. The van der Waals surface area contributed by atoms with E-state index >= 15 is 0 Å². The zero-order valence-corrected chi connectivity index (χ0v) is 10.0. The quantitative estimate of drug-likeness (QED) is 0.473. The summed E-state index contributed by atoms with van der Waals surface area (Å²) in [4.78, 5) is 0. The van der Waals surface area contributed by atoms with E-state index in [9.17, 15) is 0 Å². The van der Waals surface area contributed by atoms with Crippen LogP contribution in [-0.4, -0.2) is 27.6 Å². The van der Waals surface area contributed by atoms with Crippen LogP contribution < -0.4 is 0 Å². The molecule has 0 aromatic carbocycles. The van der Waals surface area contributed by atoms with Gasteiger partial charge in [0, 0.05) is 6.61 Å². The Labute approximate surface area is 77.4 Å². The molecule has 0 spiro atoms. The summed E-state index contributed by atoms with van der Waals surface area (Å²) < 4.78 is 11.2. The largest absolute Gasteiger partial charge is 0.413 e. The van der Waals surface area contributed by atoms with E-state index < -0.39 is 8.32 Å². The van der Waals surface area contributed by atoms with Gasteiger partial charge in [-0.05, 0) is 33.0 Å². The summed E-state index contributed by atoms with van der Waals surface area (Å²) in [6.07, 6.45) is 1.34. The van der Waals surface area contributed by atoms with Crippen molar-refractivity contribution in [1.82, 2.24) is 0 Å². The average molecular weight is 190 g/mol. The molecular formula is C9H22O2Si. The van der Waals surface area contributed by atoms with Crippen LogP contribution in [0.5, 0.6) is 0 Å². The molecule has 1 unspecified atom stereocenters. The number of rotatable bonds is 6. The highest BCUT2D eigenvalue weighted by molar-refractivity contribution is 6.69. The van der Waals surface area contributed by atoms with Gasteiger partial charge >= 0.3 is 0 Å². The molecule has 0 aromatic rings. The lowest BCUT2D eigenvalue weighted by Gasteiger charge is -2.23. The maximum Gasteiger partial charge on any atom is 0.184 e. The second-order valence-corrected chi connectivity index (χ2v) is 8.58. The van der Waals surface area contributed by atoms with Crippen molar-refractivity contribution in [3.63, 3.8) is 0 Å². The third-order valence-corrected chi connectivity index (χ3v) is 2.37. The zero-order chi connectivity index (χ0) is 9.61. The van der Waals surface area contributed by atoms with Crippen LogP contribution in [0.1, 0.15) is 20.3 Å². The Morgan fingerprint density at radius 1 is 1.25 bits per heavy atom. The van der Waals surface area contributed by atoms with Crippen molar-refractivity contribution >= 4 is 8.32 Å². The molecule has 0 bridgehead atoms. The second kappa shape index (κ2) is 5.73. The fraction of sp³-hybridized carbons (Fsp3) is 1.00. The normalized spacial score (nSPS) is 14.8. The van der Waals surface area contributed by atoms with Crippen molar-refractivity contribution < 1.29 is 9.16 Å². The predicted octanol–water partition coefficient (Wildman–Crippen LogP) is 2.65. The van der Waals surface area contributed by atoms with Crippen molar-refractivity contribution in [1.29, 1.82) is 0 Å². The molecule has 1 atom stereocenters. The molecule has 74 valence electrons. The fourth-order valence-electron chi connectivity index (χ4n) is 1.03. The van der Waals surface area contributed by atoms with Gasteiger partial charge in [-0.25, -0.2) is 0 Å². The summed E-state index contributed by atoms with van der Waals surface area (Å²) in [7, 11) is -1.36. The highest BCUT2D eigenvalue weighted by Gasteiger charge is 2.17. The van der Waals surface area contributed by atoms with Crippen LogP contribution in [-0.2, 0) is 9.16 Å². The lowest BCUT2D eigenvalue weighted by atomic mass is 10.4. The van der Waals surface area contributed by atoms with Gasteiger partial charge in [-0.2, -0.15) is 0 Å². The third-order valence-electron chi connectivity index (χ3n) is 1.26. The van der Waals surface area contributed by atoms with E-state index in [0.717, 1.165) is 19.6 Å². The van der Waals surface area contributed by atoms with Crippen LogP contribution in [0, 0.1) is 0 Å². The highest BCUT2D eigenvalue weighted by atomic mass is 28.4. The van der Waals surface area contributed by atoms with Gasteiger partial charge in [0.2, 0.25) is 0 Å². The van der Waals surface area contributed by atoms with E-state index in [-0.39, 0.29) is 6.10 Å². The molecule has 0 rings (SSSR count). The van der Waals surface area contributed by atoms with Crippen molar-refractivity contribution in [3.8, 4) is 0 Å². The predicted molar refractivity (Wildman–Crippen MR) is 55.0 cm³/mol. The summed E-state index contributed by atoms with van der Waals surface area (Å²) in [6.45, 7) is 12.4. The Morgan fingerprint density at radius 2 is 1.83 bits per heavy atom. The maximum atomic E-state index is 5.80. The summed E-state index contributed by atoms with van der Waals surface area (Å²) in [5.41, 5.74) is 0. The van der Waals surface area contributed by atoms with Gasteiger partial charge < -0.3 is 9.16 Å². The molecule has 0 radical (unpaired) electrons. The minimum Gasteiger partial charge on any atom is -0.413 e. The van der Waals surface area contributed by atoms with E-state index in [1.807, 2.05) is 0 Å². The molecule has 0 aliphatic carbocycles. The Kier molecular flexibility index (Phi) is 5.79. The number of hydrogen-bond acceptors (Lipinski definition) is 2. The molecule has 0 aromatic heterocycles. The Bertz CT molecular complexity index is 110. The van der Waals surface area contributed by atoms with Gasteiger partial charge in [-0.1, -0.05) is 6.92 Å². The third kappa shape index (κ3) is 8.24. The molecule has 0 saturated carbocycles. The van der Waals surface area contributed by atoms with E-state index in [1.54, 1.807) is 0 Å². The summed E-state index contributed by atoms with van der Waals surface area (Å²) in [6, 6.07) is 0. The van der Waals surface area contributed by atoms with Crippen molar-refractivity contribution in [3.05, 3.63) is 0 Å². The van der Waals surface area contributed by atoms with Gasteiger partial charge in [0.1, 0.15) is 0 Å². The van der Waals surface area contributed by atoms with E-state index in [2.05, 4.69) is 33.5 Å². The molecule has 3 heteroatoms. The van der Waals surface area contributed by atoms with E-state index in [1.165, 1.54) is 0 Å². The molecule has 0 heterocycles. The van der Waals surface area contributed by atoms with Gasteiger partial charge in [-0.3, -0.25) is 0 Å². The van der Waals surface area contributed by atoms with Gasteiger partial charge in [0.05, 0.1) is 12.7 Å². The first-order valence-corrected chi connectivity index (χ1v) is 8.12. The molecule has 0 N–H and O–H groups in total. The van der Waals surface area contributed by atoms with E-state index in [0.29, 0.717) is 0 Å². The molecule has 0 aliphatic rings. The topological polar surface area (TPSA) is 18.5 Å². The van der Waals surface area contributed by atoms with Gasteiger partial charge in [-0.15, -0.1) is 0 Å². The van der Waals surface area contributed by atoms with Crippen LogP contribution in [0.15, 0.2) is 0 Å². The lowest BCUT2D eigenvalue weighted by Crippen LogP contribution is -2.32. The van der Waals surface area contributed by atoms with Crippen LogP contribution >= 0.6 is 0 Å². The monoisotopic (exact) mass is 190 g/mol. The first kappa shape index (κ1) is 12.1. The van der Waals surface area contributed by atoms with Gasteiger partial charge in [0.25, 0.3) is 0 Å². The molecular weight excluding hydrogens is 168 g/mol. The van der Waals surface area contributed by atoms with Crippen molar-refractivity contribution in [2.75, 3.05) is 13.2 Å². The Balaban J connectivity index is 3.40. The lowest BCUT2D eigenvalue weighted by molar-refractivity contribution is 0.0555. The summed E-state index contributed by atoms with van der Waals surface area (Å²) in [5.74, 6) is 0.